The summed E-state index contributed by atoms with van der Waals surface area (Å²) < 4.78 is 4.59. The maximum absolute atomic E-state index is 12.0. The summed E-state index contributed by atoms with van der Waals surface area (Å²) in [6.45, 7) is 3.02. The number of rotatable bonds is 5. The number of nitrogens with zero attached hydrogens (tertiary/aromatic N) is 2. The van der Waals surface area contributed by atoms with E-state index in [1.807, 2.05) is 0 Å². The molecule has 1 saturated carbocycles. The average Bonchev–Trinajstić information content (AvgIpc) is 3.26. The van der Waals surface area contributed by atoms with Crippen LogP contribution in [0, 0.1) is 0 Å². The van der Waals surface area contributed by atoms with Gasteiger partial charge >= 0.3 is 18.0 Å². The summed E-state index contributed by atoms with van der Waals surface area (Å²) in [4.78, 5) is 37.9. The van der Waals surface area contributed by atoms with Crippen LogP contribution in [-0.4, -0.2) is 78.2 Å². The normalized spacial score (nSPS) is 20.7. The van der Waals surface area contributed by atoms with Gasteiger partial charge in [-0.25, -0.2) is 9.59 Å². The van der Waals surface area contributed by atoms with Crippen LogP contribution in [0.25, 0.3) is 0 Å². The standard InChI is InChI=1S/C13H21N3O5/c1-21-10(17)2-5-15-6-8-16(9-7-15)12(20)14-13(3-4-13)11(18)19/h2-9H2,1H3,(H,14,20)(H,18,19). The Labute approximate surface area is 123 Å². The van der Waals surface area contributed by atoms with E-state index in [1.54, 1.807) is 4.90 Å². The molecule has 2 fully saturated rings. The van der Waals surface area contributed by atoms with Gasteiger partial charge in [0.05, 0.1) is 13.5 Å². The van der Waals surface area contributed by atoms with Crippen LogP contribution in [0.4, 0.5) is 4.79 Å². The van der Waals surface area contributed by atoms with E-state index in [0.717, 1.165) is 0 Å². The molecule has 118 valence electrons. The van der Waals surface area contributed by atoms with Gasteiger partial charge in [-0.05, 0) is 12.8 Å². The Kier molecular flexibility index (Phi) is 4.66. The lowest BCUT2D eigenvalue weighted by molar-refractivity contribution is -0.141. The van der Waals surface area contributed by atoms with E-state index in [-0.39, 0.29) is 12.0 Å². The van der Waals surface area contributed by atoms with Crippen molar-refractivity contribution >= 4 is 18.0 Å². The number of carbonyl (C=O) groups excluding carboxylic acids is 2. The molecule has 0 unspecified atom stereocenters. The van der Waals surface area contributed by atoms with Crippen LogP contribution in [0.2, 0.25) is 0 Å². The van der Waals surface area contributed by atoms with Gasteiger partial charge in [-0.3, -0.25) is 9.69 Å². The highest BCUT2D eigenvalue weighted by Crippen LogP contribution is 2.35. The third-order valence-corrected chi connectivity index (χ3v) is 4.02. The van der Waals surface area contributed by atoms with Crippen LogP contribution in [-0.2, 0) is 14.3 Å². The molecular formula is C13H21N3O5. The highest BCUT2D eigenvalue weighted by molar-refractivity contribution is 5.89. The number of hydrogen-bond donors (Lipinski definition) is 2. The molecule has 0 bridgehead atoms. The van der Waals surface area contributed by atoms with Crippen molar-refractivity contribution in [2.45, 2.75) is 24.8 Å². The second kappa shape index (κ2) is 6.30. The van der Waals surface area contributed by atoms with Crippen molar-refractivity contribution < 1.29 is 24.2 Å². The van der Waals surface area contributed by atoms with Crippen LogP contribution < -0.4 is 5.32 Å². The molecule has 1 aliphatic heterocycles. The van der Waals surface area contributed by atoms with Crippen LogP contribution in [0.3, 0.4) is 0 Å². The number of carboxylic acids is 1. The first-order valence-electron chi connectivity index (χ1n) is 7.06. The predicted octanol–water partition coefficient (Wildman–Crippen LogP) is -0.506. The van der Waals surface area contributed by atoms with Gasteiger partial charge < -0.3 is 20.1 Å². The van der Waals surface area contributed by atoms with E-state index in [4.69, 9.17) is 5.11 Å². The first-order valence-corrected chi connectivity index (χ1v) is 7.06. The zero-order valence-corrected chi connectivity index (χ0v) is 12.1. The molecule has 2 rings (SSSR count). The van der Waals surface area contributed by atoms with Crippen LogP contribution >= 0.6 is 0 Å². The molecule has 1 aliphatic carbocycles. The van der Waals surface area contributed by atoms with Gasteiger partial charge in [0.2, 0.25) is 0 Å². The first-order chi connectivity index (χ1) is 9.97. The second-order valence-corrected chi connectivity index (χ2v) is 5.47. The van der Waals surface area contributed by atoms with Gasteiger partial charge in [0.25, 0.3) is 0 Å². The molecule has 0 aromatic carbocycles. The minimum Gasteiger partial charge on any atom is -0.480 e. The highest BCUT2D eigenvalue weighted by atomic mass is 16.5. The monoisotopic (exact) mass is 299 g/mol. The van der Waals surface area contributed by atoms with E-state index < -0.39 is 11.5 Å². The van der Waals surface area contributed by atoms with Crippen molar-refractivity contribution in [2.24, 2.45) is 0 Å². The Morgan fingerprint density at radius 2 is 1.81 bits per heavy atom. The van der Waals surface area contributed by atoms with Gasteiger partial charge in [-0.2, -0.15) is 0 Å². The summed E-state index contributed by atoms with van der Waals surface area (Å²) in [5, 5.41) is 11.7. The van der Waals surface area contributed by atoms with Crippen molar-refractivity contribution in [1.29, 1.82) is 0 Å². The zero-order valence-electron chi connectivity index (χ0n) is 12.1. The number of hydrogen-bond acceptors (Lipinski definition) is 5. The van der Waals surface area contributed by atoms with Crippen LogP contribution in [0.5, 0.6) is 0 Å². The summed E-state index contributed by atoms with van der Waals surface area (Å²) in [5.74, 6) is -1.21. The molecule has 1 saturated heterocycles. The minimum atomic E-state index is -1.04. The predicted molar refractivity (Wildman–Crippen MR) is 72.8 cm³/mol. The van der Waals surface area contributed by atoms with Gasteiger partial charge in [0.1, 0.15) is 5.54 Å². The van der Waals surface area contributed by atoms with E-state index in [2.05, 4.69) is 15.0 Å². The molecular weight excluding hydrogens is 278 g/mol. The van der Waals surface area contributed by atoms with Gasteiger partial charge in [-0.15, -0.1) is 0 Å². The van der Waals surface area contributed by atoms with E-state index in [0.29, 0.717) is 52.0 Å². The molecule has 2 amide bonds. The lowest BCUT2D eigenvalue weighted by Gasteiger charge is -2.35. The van der Waals surface area contributed by atoms with Crippen molar-refractivity contribution in [2.75, 3.05) is 39.8 Å². The number of carboxylic acid groups (broad SMARTS) is 1. The number of esters is 1. The Morgan fingerprint density at radius 1 is 1.19 bits per heavy atom. The first kappa shape index (κ1) is 15.6. The fourth-order valence-electron chi connectivity index (χ4n) is 2.33. The summed E-state index contributed by atoms with van der Waals surface area (Å²) in [6, 6.07) is -0.317. The fraction of sp³-hybridized carbons (Fsp3) is 0.769. The van der Waals surface area contributed by atoms with Crippen molar-refractivity contribution in [3.05, 3.63) is 0 Å². The van der Waals surface area contributed by atoms with Crippen molar-refractivity contribution in [1.82, 2.24) is 15.1 Å². The molecule has 8 nitrogen and oxygen atoms in total. The smallest absolute Gasteiger partial charge is 0.329 e. The van der Waals surface area contributed by atoms with Crippen molar-refractivity contribution in [3.8, 4) is 0 Å². The number of urea groups is 1. The maximum atomic E-state index is 12.0. The number of ether oxygens (including phenoxy) is 1. The topological polar surface area (TPSA) is 99.2 Å². The molecule has 8 heteroatoms. The van der Waals surface area contributed by atoms with Gasteiger partial charge in [0.15, 0.2) is 0 Å². The number of carbonyl (C=O) groups is 3. The van der Waals surface area contributed by atoms with Crippen LogP contribution in [0.15, 0.2) is 0 Å². The Bertz CT molecular complexity index is 428. The number of amides is 2. The largest absolute Gasteiger partial charge is 0.480 e. The minimum absolute atomic E-state index is 0.243. The molecule has 21 heavy (non-hydrogen) atoms. The van der Waals surface area contributed by atoms with Crippen LogP contribution in [0.1, 0.15) is 19.3 Å². The quantitative estimate of drug-likeness (QED) is 0.664. The molecule has 0 radical (unpaired) electrons. The maximum Gasteiger partial charge on any atom is 0.329 e. The average molecular weight is 299 g/mol. The molecule has 0 aromatic rings. The lowest BCUT2D eigenvalue weighted by atomic mass is 10.2. The Morgan fingerprint density at radius 3 is 2.29 bits per heavy atom. The zero-order chi connectivity index (χ0) is 15.5. The lowest BCUT2D eigenvalue weighted by Crippen LogP contribution is -2.55. The highest BCUT2D eigenvalue weighted by Gasteiger charge is 2.52. The summed E-state index contributed by atoms with van der Waals surface area (Å²) in [7, 11) is 1.36. The summed E-state index contributed by atoms with van der Waals surface area (Å²) >= 11 is 0. The van der Waals surface area contributed by atoms with E-state index >= 15 is 0 Å². The van der Waals surface area contributed by atoms with E-state index in [1.165, 1.54) is 7.11 Å². The van der Waals surface area contributed by atoms with Crippen molar-refractivity contribution in [3.63, 3.8) is 0 Å². The summed E-state index contributed by atoms with van der Waals surface area (Å²) in [6.07, 6.45) is 1.32. The molecule has 2 N–H and O–H groups in total. The summed E-state index contributed by atoms with van der Waals surface area (Å²) in [5.41, 5.74) is -1.04. The number of piperazine rings is 1. The third kappa shape index (κ3) is 3.84. The second-order valence-electron chi connectivity index (χ2n) is 5.47. The number of nitrogens with one attached hydrogen (secondary N) is 1. The fourth-order valence-corrected chi connectivity index (χ4v) is 2.33. The molecule has 1 heterocycles. The Balaban J connectivity index is 1.72. The number of aliphatic carboxylic acids is 1. The van der Waals surface area contributed by atoms with Gasteiger partial charge in [-0.1, -0.05) is 0 Å². The molecule has 0 aromatic heterocycles. The molecule has 0 spiro atoms. The third-order valence-electron chi connectivity index (χ3n) is 4.02. The molecule has 0 atom stereocenters. The number of methoxy groups -OCH3 is 1. The van der Waals surface area contributed by atoms with Gasteiger partial charge in [0, 0.05) is 32.7 Å². The van der Waals surface area contributed by atoms with E-state index in [9.17, 15) is 14.4 Å². The molecule has 2 aliphatic rings. The SMILES string of the molecule is COC(=O)CCN1CCN(C(=O)NC2(C(=O)O)CC2)CC1. The Hall–Kier alpha value is -1.83.